The van der Waals surface area contributed by atoms with Crippen LogP contribution in [0.1, 0.15) is 6.92 Å². The molecular weight excluding hydrogens is 810 g/mol. The lowest BCUT2D eigenvalue weighted by Gasteiger charge is -2.28. The van der Waals surface area contributed by atoms with Gasteiger partial charge < -0.3 is 9.80 Å². The second kappa shape index (κ2) is 18.7. The molecule has 8 aromatic carbocycles. The van der Waals surface area contributed by atoms with E-state index in [9.17, 15) is 21.6 Å². The molecule has 0 spiro atoms. The van der Waals surface area contributed by atoms with Crippen LogP contribution in [0.4, 0.5) is 47.3 Å². The van der Waals surface area contributed by atoms with Crippen molar-refractivity contribution in [2.45, 2.75) is 12.4 Å². The molecule has 9 rings (SSSR count). The Morgan fingerprint density at radius 1 is 0.525 bits per heavy atom. The fraction of sp³-hybridized carbons (Fsp3) is 0.0588. The van der Waals surface area contributed by atoms with Gasteiger partial charge >= 0.3 is 15.6 Å². The lowest BCUT2D eigenvalue weighted by Crippen LogP contribution is -2.23. The van der Waals surface area contributed by atoms with Crippen LogP contribution in [0, 0.1) is 0 Å². The molecule has 0 saturated carbocycles. The maximum Gasteiger partial charge on any atom is 0.523 e. The Morgan fingerprint density at radius 2 is 0.951 bits per heavy atom. The molecule has 1 heterocycles. The highest BCUT2D eigenvalue weighted by Crippen LogP contribution is 2.42. The van der Waals surface area contributed by atoms with Crippen LogP contribution < -0.4 is 9.80 Å². The number of nitrogens with zero attached hydrogens (tertiary/aromatic N) is 2. The lowest BCUT2D eigenvalue weighted by molar-refractivity contribution is -0.0526. The van der Waals surface area contributed by atoms with Crippen molar-refractivity contribution in [2.24, 2.45) is 0 Å². The van der Waals surface area contributed by atoms with Crippen molar-refractivity contribution in [1.82, 2.24) is 0 Å². The largest absolute Gasteiger partial charge is 0.523 e. The van der Waals surface area contributed by atoms with Crippen LogP contribution in [-0.2, 0) is 14.3 Å². The molecule has 0 saturated heterocycles. The van der Waals surface area contributed by atoms with E-state index in [1.807, 2.05) is 18.3 Å². The Morgan fingerprint density at radius 3 is 1.49 bits per heavy atom. The van der Waals surface area contributed by atoms with Crippen LogP contribution in [0.2, 0.25) is 0 Å². The number of rotatable bonds is 8. The van der Waals surface area contributed by atoms with Gasteiger partial charge in [-0.2, -0.15) is 21.6 Å². The van der Waals surface area contributed by atoms with E-state index in [0.717, 1.165) is 34.1 Å². The summed E-state index contributed by atoms with van der Waals surface area (Å²) in [7, 11) is -4.89. The number of fused-ring (bicyclic) bond motifs is 4. The van der Waals surface area contributed by atoms with Crippen molar-refractivity contribution in [1.29, 1.82) is 0 Å². The summed E-state index contributed by atoms with van der Waals surface area (Å²) in [4.78, 5) is 4.67. The van der Waals surface area contributed by atoms with Gasteiger partial charge in [0, 0.05) is 54.3 Å². The zero-order valence-corrected chi connectivity index (χ0v) is 35.0. The molecule has 10 heteroatoms. The minimum absolute atomic E-state index is 0.447. The Balaban J connectivity index is 0.000000414. The molecule has 0 aliphatic carbocycles. The van der Waals surface area contributed by atoms with Gasteiger partial charge in [-0.3, -0.25) is 4.18 Å². The molecule has 0 fully saturated rings. The molecule has 1 aromatic heterocycles. The van der Waals surface area contributed by atoms with Crippen molar-refractivity contribution in [3.8, 4) is 11.1 Å². The maximum absolute atomic E-state index is 11.1. The topological polar surface area (TPSA) is 49.9 Å². The summed E-state index contributed by atoms with van der Waals surface area (Å²) in [5, 5.41) is 5.14. The molecule has 0 radical (unpaired) electrons. The summed E-state index contributed by atoms with van der Waals surface area (Å²) < 4.78 is 58.5. The Hall–Kier alpha value is -6.72. The van der Waals surface area contributed by atoms with E-state index >= 15 is 0 Å². The number of para-hydroxylation sites is 2. The Kier molecular flexibility index (Phi) is 13.0. The zero-order valence-electron chi connectivity index (χ0n) is 33.3. The third-order valence-electron chi connectivity index (χ3n) is 9.74. The number of hydrogen-bond acceptors (Lipinski definition) is 6. The third-order valence-corrected chi connectivity index (χ3v) is 11.9. The molecule has 0 bridgehead atoms. The molecule has 61 heavy (non-hydrogen) atoms. The quantitative estimate of drug-likeness (QED) is 0.0866. The van der Waals surface area contributed by atoms with Gasteiger partial charge in [-0.15, -0.1) is 17.9 Å². The van der Waals surface area contributed by atoms with Crippen molar-refractivity contribution in [2.75, 3.05) is 16.9 Å². The highest BCUT2D eigenvalue weighted by molar-refractivity contribution is 7.87. The van der Waals surface area contributed by atoms with Gasteiger partial charge in [0.05, 0.1) is 7.11 Å². The Labute approximate surface area is 358 Å². The number of benzene rings is 8. The molecule has 5 nitrogen and oxygen atoms in total. The van der Waals surface area contributed by atoms with E-state index in [4.69, 9.17) is 0 Å². The zero-order chi connectivity index (χ0) is 43.0. The minimum atomic E-state index is -5.34. The average molecular weight is 851 g/mol. The summed E-state index contributed by atoms with van der Waals surface area (Å²) in [6.45, 7) is 5.25. The van der Waals surface area contributed by atoms with Crippen LogP contribution in [0.3, 0.4) is 0 Å². The van der Waals surface area contributed by atoms with Crippen molar-refractivity contribution < 1.29 is 25.8 Å². The number of hydrogen-bond donors (Lipinski definition) is 0. The van der Waals surface area contributed by atoms with Crippen LogP contribution in [0.25, 0.3) is 42.1 Å². The van der Waals surface area contributed by atoms with E-state index in [-0.39, 0.29) is 0 Å². The van der Waals surface area contributed by atoms with Crippen LogP contribution in [-0.4, -0.2) is 21.0 Å². The molecule has 9 aromatic rings. The number of allylic oxidation sites excluding steroid dienone is 1. The lowest BCUT2D eigenvalue weighted by atomic mass is 9.98. The van der Waals surface area contributed by atoms with E-state index in [1.54, 1.807) is 6.08 Å². The summed E-state index contributed by atoms with van der Waals surface area (Å²) in [6.07, 6.45) is 1.75. The second-order valence-corrected chi connectivity index (χ2v) is 16.5. The average Bonchev–Trinajstić information content (AvgIpc) is 3.66. The highest BCUT2D eigenvalue weighted by Gasteiger charge is 2.46. The maximum atomic E-state index is 11.1. The van der Waals surface area contributed by atoms with Gasteiger partial charge in [-0.1, -0.05) is 121 Å². The standard InChI is InChI=1S/C46H32N2S.C3H6.C2H3F3O3S/c1-3-14-35(15-4-1)47(37-24-22-34(23-25-37)42-20-11-13-33-12-7-8-18-41(33)42)38-26-28-39(29-27-38)48(36-16-5-2-6-17-36)40-30-31-44-43-19-9-10-21-45(43)49-46(44)32-40;1-3-2;1-8-9(6,7)2(3,4)5/h1-32H;3H,1H2,2H3;1H3. The van der Waals surface area contributed by atoms with E-state index < -0.39 is 15.6 Å². The first-order valence-electron chi connectivity index (χ1n) is 19.3. The van der Waals surface area contributed by atoms with Crippen molar-refractivity contribution >= 4 is 86.5 Å². The first-order valence-corrected chi connectivity index (χ1v) is 21.5. The van der Waals surface area contributed by atoms with Gasteiger partial charge in [-0.25, -0.2) is 0 Å². The fourth-order valence-corrected chi connectivity index (χ4v) is 8.34. The van der Waals surface area contributed by atoms with E-state index in [0.29, 0.717) is 7.11 Å². The number of halogens is 3. The number of anilines is 6. The summed E-state index contributed by atoms with van der Waals surface area (Å²) in [6, 6.07) is 69.8. The fourth-order valence-electron chi connectivity index (χ4n) is 7.01. The molecule has 0 unspecified atom stereocenters. The van der Waals surface area contributed by atoms with Gasteiger partial charge in [0.2, 0.25) is 0 Å². The monoisotopic (exact) mass is 850 g/mol. The first-order chi connectivity index (χ1) is 29.5. The molecule has 0 aliphatic heterocycles. The predicted molar refractivity (Wildman–Crippen MR) is 249 cm³/mol. The van der Waals surface area contributed by atoms with Crippen molar-refractivity contribution in [3.63, 3.8) is 0 Å². The summed E-state index contributed by atoms with van der Waals surface area (Å²) in [5.74, 6) is 0. The molecule has 0 amide bonds. The molecule has 0 atom stereocenters. The smallest absolute Gasteiger partial charge is 0.311 e. The third kappa shape index (κ3) is 9.37. The van der Waals surface area contributed by atoms with Gasteiger partial charge in [0.15, 0.2) is 0 Å². The van der Waals surface area contributed by atoms with Crippen LogP contribution >= 0.6 is 11.3 Å². The van der Waals surface area contributed by atoms with Gasteiger partial charge in [-0.05, 0) is 108 Å². The summed E-state index contributed by atoms with van der Waals surface area (Å²) in [5.41, 5.74) is 3.84. The number of thiophene rings is 1. The van der Waals surface area contributed by atoms with Gasteiger partial charge in [0.25, 0.3) is 0 Å². The molecule has 0 N–H and O–H groups in total. The minimum Gasteiger partial charge on any atom is -0.311 e. The molecular formula is C51H41F3N2O3S2. The Bertz CT molecular complexity index is 2990. The summed E-state index contributed by atoms with van der Waals surface area (Å²) >= 11 is 1.85. The number of alkyl halides is 3. The SMILES string of the molecule is C=CC.COS(=O)(=O)C(F)(F)F.c1ccc(N(c2ccc(-c3cccc4ccccc34)cc2)c2ccc(N(c3ccccc3)c3ccc4c(c3)sc3ccccc34)cc2)cc1. The second-order valence-electron chi connectivity index (χ2n) is 13.7. The van der Waals surface area contributed by atoms with E-state index in [2.05, 4.69) is 215 Å². The predicted octanol–water partition coefficient (Wildman–Crippen LogP) is 15.5. The highest BCUT2D eigenvalue weighted by atomic mass is 32.2. The van der Waals surface area contributed by atoms with Crippen molar-refractivity contribution in [3.05, 3.63) is 207 Å². The van der Waals surface area contributed by atoms with Crippen LogP contribution in [0.15, 0.2) is 207 Å². The first kappa shape index (κ1) is 42.4. The normalized spacial score (nSPS) is 11.3. The van der Waals surface area contributed by atoms with E-state index in [1.165, 1.54) is 42.1 Å². The molecule has 306 valence electrons. The van der Waals surface area contributed by atoms with Crippen LogP contribution in [0.5, 0.6) is 0 Å². The molecule has 0 aliphatic rings. The van der Waals surface area contributed by atoms with Gasteiger partial charge in [0.1, 0.15) is 0 Å².